The van der Waals surface area contributed by atoms with Gasteiger partial charge in [0, 0.05) is 66.5 Å². The van der Waals surface area contributed by atoms with E-state index < -0.39 is 0 Å². The van der Waals surface area contributed by atoms with Gasteiger partial charge in [-0.3, -0.25) is 0 Å². The van der Waals surface area contributed by atoms with E-state index in [2.05, 4.69) is 341 Å². The Labute approximate surface area is 536 Å². The Balaban J connectivity index is 0.000000141. The average molecular weight is 1180 g/mol. The highest BCUT2D eigenvalue weighted by atomic mass is 16.3. The first-order valence-electron chi connectivity index (χ1n) is 31.9. The zero-order chi connectivity index (χ0) is 61.7. The molecule has 2 heterocycles. The van der Waals surface area contributed by atoms with Crippen LogP contribution in [0.3, 0.4) is 0 Å². The number of furan rings is 2. The van der Waals surface area contributed by atoms with Gasteiger partial charge in [-0.15, -0.1) is 0 Å². The third-order valence-corrected chi connectivity index (χ3v) is 19.5. The van der Waals surface area contributed by atoms with Gasteiger partial charge in [0.05, 0.1) is 0 Å². The van der Waals surface area contributed by atoms with Crippen molar-refractivity contribution in [2.24, 2.45) is 0 Å². The van der Waals surface area contributed by atoms with Crippen LogP contribution in [0.15, 0.2) is 324 Å². The van der Waals surface area contributed by atoms with Crippen LogP contribution in [-0.2, 0) is 10.8 Å². The number of fused-ring (bicyclic) bond motifs is 13. The molecule has 4 heteroatoms. The lowest BCUT2D eigenvalue weighted by atomic mass is 9.82. The molecule has 0 unspecified atom stereocenters. The number of benzene rings is 14. The summed E-state index contributed by atoms with van der Waals surface area (Å²) >= 11 is 0. The van der Waals surface area contributed by atoms with Crippen LogP contribution in [0.2, 0.25) is 0 Å². The third kappa shape index (κ3) is 9.20. The maximum Gasteiger partial charge on any atom is 0.136 e. The van der Waals surface area contributed by atoms with E-state index in [1.165, 1.54) is 110 Å². The summed E-state index contributed by atoms with van der Waals surface area (Å²) in [5.41, 5.74) is 27.9. The van der Waals surface area contributed by atoms with Crippen molar-refractivity contribution < 1.29 is 8.83 Å². The monoisotopic (exact) mass is 1180 g/mol. The molecule has 0 amide bonds. The second kappa shape index (κ2) is 21.7. The summed E-state index contributed by atoms with van der Waals surface area (Å²) in [5, 5.41) is 7.22. The number of nitrogens with zero attached hydrogens (tertiary/aromatic N) is 2. The van der Waals surface area contributed by atoms with Crippen molar-refractivity contribution in [1.82, 2.24) is 0 Å². The molecule has 2 aliphatic rings. The Morgan fingerprint density at radius 1 is 0.217 bits per heavy atom. The van der Waals surface area contributed by atoms with E-state index in [0.717, 1.165) is 56.5 Å². The van der Waals surface area contributed by atoms with Crippen molar-refractivity contribution in [3.05, 3.63) is 338 Å². The molecule has 0 radical (unpaired) electrons. The number of anilines is 6. The van der Waals surface area contributed by atoms with E-state index in [0.29, 0.717) is 0 Å². The molecular formula is C88H64N2O2. The maximum atomic E-state index is 6.36. The number of hydrogen-bond donors (Lipinski definition) is 0. The van der Waals surface area contributed by atoms with Gasteiger partial charge in [0.2, 0.25) is 0 Å². The van der Waals surface area contributed by atoms with E-state index >= 15 is 0 Å². The first-order chi connectivity index (χ1) is 45.1. The molecule has 0 fully saturated rings. The zero-order valence-corrected chi connectivity index (χ0v) is 51.7. The maximum absolute atomic E-state index is 6.36. The second-order valence-corrected chi connectivity index (χ2v) is 25.6. The van der Waals surface area contributed by atoms with Crippen LogP contribution in [0.25, 0.3) is 110 Å². The van der Waals surface area contributed by atoms with E-state index in [9.17, 15) is 0 Å². The quantitative estimate of drug-likeness (QED) is 0.144. The van der Waals surface area contributed by atoms with E-state index in [1.807, 2.05) is 12.1 Å². The lowest BCUT2D eigenvalue weighted by Crippen LogP contribution is -2.15. The Bertz CT molecular complexity index is 5410. The molecule has 0 saturated carbocycles. The summed E-state index contributed by atoms with van der Waals surface area (Å²) in [6.07, 6.45) is 0. The molecule has 16 aromatic rings. The van der Waals surface area contributed by atoms with Gasteiger partial charge in [0.25, 0.3) is 0 Å². The summed E-state index contributed by atoms with van der Waals surface area (Å²) in [5.74, 6) is 0. The van der Waals surface area contributed by atoms with Crippen molar-refractivity contribution >= 4 is 88.8 Å². The third-order valence-electron chi connectivity index (χ3n) is 19.5. The topological polar surface area (TPSA) is 32.8 Å². The fraction of sp³-hybridized carbons (Fsp3) is 0.0682. The number of hydrogen-bond acceptors (Lipinski definition) is 4. The van der Waals surface area contributed by atoms with Gasteiger partial charge >= 0.3 is 0 Å². The Morgan fingerprint density at radius 3 is 1.01 bits per heavy atom. The van der Waals surface area contributed by atoms with Gasteiger partial charge in [0.1, 0.15) is 22.3 Å². The second-order valence-electron chi connectivity index (χ2n) is 25.6. The molecule has 18 rings (SSSR count). The van der Waals surface area contributed by atoms with Crippen molar-refractivity contribution in [3.8, 4) is 55.6 Å². The predicted molar refractivity (Wildman–Crippen MR) is 386 cm³/mol. The Hall–Kier alpha value is -11.5. The predicted octanol–water partition coefficient (Wildman–Crippen LogP) is 24.9. The minimum absolute atomic E-state index is 0.116. The molecule has 0 aliphatic heterocycles. The number of para-hydroxylation sites is 3. The van der Waals surface area contributed by atoms with E-state index in [4.69, 9.17) is 8.83 Å². The standard InChI is InChI=1S/C45H33NO.C43H31NO/c1-45(2)41-26-25-36(27-38(41)39-29-44-40(28-42(39)45)37-15-9-10-16-43(37)47-44)46(34-21-17-32(18-22-34)30-11-5-3-6-12-30)35-23-19-33(20-24-35)31-13-7-4-8-14-31;1-43(2)39-23-22-34(25-36(39)37-27-42-38(26-40(37)43)35-14-8-9-15-41(35)45-42)44(32-12-4-3-5-13-32)33-20-18-29(19-21-33)31-17-16-28-10-6-7-11-30(28)24-31/h3-29H,1-2H3;3-27H,1-2H3. The zero-order valence-electron chi connectivity index (χ0n) is 51.7. The first-order valence-corrected chi connectivity index (χ1v) is 31.9. The van der Waals surface area contributed by atoms with Crippen molar-refractivity contribution in [2.45, 2.75) is 38.5 Å². The van der Waals surface area contributed by atoms with E-state index in [1.54, 1.807) is 0 Å². The highest BCUT2D eigenvalue weighted by Crippen LogP contribution is 2.55. The largest absolute Gasteiger partial charge is 0.456 e. The molecule has 2 aromatic heterocycles. The van der Waals surface area contributed by atoms with Crippen LogP contribution in [0.5, 0.6) is 0 Å². The van der Waals surface area contributed by atoms with Crippen LogP contribution in [-0.4, -0.2) is 0 Å². The van der Waals surface area contributed by atoms with Gasteiger partial charge in [-0.2, -0.15) is 0 Å². The molecule has 0 bridgehead atoms. The van der Waals surface area contributed by atoms with Gasteiger partial charge in [-0.25, -0.2) is 0 Å². The number of rotatable bonds is 9. The molecule has 14 aromatic carbocycles. The minimum atomic E-state index is -0.130. The Kier molecular flexibility index (Phi) is 12.9. The minimum Gasteiger partial charge on any atom is -0.456 e. The van der Waals surface area contributed by atoms with Crippen LogP contribution in [0.4, 0.5) is 34.1 Å². The van der Waals surface area contributed by atoms with Crippen molar-refractivity contribution in [3.63, 3.8) is 0 Å². The van der Waals surface area contributed by atoms with Crippen molar-refractivity contribution in [1.29, 1.82) is 0 Å². The average Bonchev–Trinajstić information content (AvgIpc) is 1.57. The highest BCUT2D eigenvalue weighted by Gasteiger charge is 2.39. The molecule has 438 valence electrons. The Morgan fingerprint density at radius 2 is 0.554 bits per heavy atom. The summed E-state index contributed by atoms with van der Waals surface area (Å²) in [4.78, 5) is 4.73. The summed E-state index contributed by atoms with van der Waals surface area (Å²) < 4.78 is 12.7. The fourth-order valence-electron chi connectivity index (χ4n) is 14.7. The van der Waals surface area contributed by atoms with Crippen LogP contribution >= 0.6 is 0 Å². The molecule has 0 spiro atoms. The first kappa shape index (κ1) is 54.7. The lowest BCUT2D eigenvalue weighted by Gasteiger charge is -2.27. The van der Waals surface area contributed by atoms with Crippen LogP contribution in [0, 0.1) is 0 Å². The molecule has 2 aliphatic carbocycles. The van der Waals surface area contributed by atoms with Gasteiger partial charge in [-0.05, 0) is 204 Å². The van der Waals surface area contributed by atoms with E-state index in [-0.39, 0.29) is 10.8 Å². The fourth-order valence-corrected chi connectivity index (χ4v) is 14.7. The molecular weight excluding hydrogens is 1120 g/mol. The van der Waals surface area contributed by atoms with Crippen molar-refractivity contribution in [2.75, 3.05) is 9.80 Å². The van der Waals surface area contributed by atoms with Crippen LogP contribution in [0.1, 0.15) is 49.9 Å². The van der Waals surface area contributed by atoms with Gasteiger partial charge in [-0.1, -0.05) is 228 Å². The smallest absolute Gasteiger partial charge is 0.136 e. The SMILES string of the molecule is CC1(C)c2ccc(N(c3ccc(-c4ccccc4)cc3)c3ccc(-c4ccccc4)cc3)cc2-c2cc3oc4ccccc4c3cc21.CC1(C)c2ccc(N(c3ccccc3)c3ccc(-c4ccc5ccccc5c4)cc3)cc2-c2cc3oc4ccccc4c3cc21. The molecule has 0 N–H and O–H groups in total. The molecule has 0 atom stereocenters. The molecule has 0 saturated heterocycles. The molecule has 4 nitrogen and oxygen atoms in total. The lowest BCUT2D eigenvalue weighted by molar-refractivity contribution is 0.657. The normalized spacial score (nSPS) is 13.2. The summed E-state index contributed by atoms with van der Waals surface area (Å²) in [6.45, 7) is 9.36. The summed E-state index contributed by atoms with van der Waals surface area (Å²) in [6, 6.07) is 114. The van der Waals surface area contributed by atoms with Gasteiger partial charge < -0.3 is 18.6 Å². The highest BCUT2D eigenvalue weighted by molar-refractivity contribution is 6.09. The summed E-state index contributed by atoms with van der Waals surface area (Å²) in [7, 11) is 0. The van der Waals surface area contributed by atoms with Gasteiger partial charge in [0.15, 0.2) is 0 Å². The molecule has 92 heavy (non-hydrogen) atoms. The van der Waals surface area contributed by atoms with Crippen LogP contribution < -0.4 is 9.80 Å².